The van der Waals surface area contributed by atoms with Crippen LogP contribution in [-0.2, 0) is 13.0 Å². The molecular formula is C20H24BrN3O2S. The van der Waals surface area contributed by atoms with Crippen molar-refractivity contribution in [3.05, 3.63) is 32.8 Å². The molecule has 0 amide bonds. The predicted octanol–water partition coefficient (Wildman–Crippen LogP) is 4.43. The van der Waals surface area contributed by atoms with E-state index in [4.69, 9.17) is 9.72 Å². The molecule has 0 unspecified atom stereocenters. The van der Waals surface area contributed by atoms with E-state index in [0.717, 1.165) is 81.8 Å². The molecule has 0 saturated heterocycles. The average Bonchev–Trinajstić information content (AvgIpc) is 3.05. The Bertz CT molecular complexity index is 1040. The lowest BCUT2D eigenvalue weighted by atomic mass is 10.1. The number of thiophene rings is 1. The summed E-state index contributed by atoms with van der Waals surface area (Å²) in [6, 6.07) is 3.99. The van der Waals surface area contributed by atoms with Crippen LogP contribution in [0.2, 0.25) is 0 Å². The highest BCUT2D eigenvalue weighted by Gasteiger charge is 2.21. The van der Waals surface area contributed by atoms with Gasteiger partial charge >= 0.3 is 0 Å². The fourth-order valence-corrected chi connectivity index (χ4v) is 5.50. The van der Waals surface area contributed by atoms with Crippen molar-refractivity contribution in [1.29, 1.82) is 0 Å². The van der Waals surface area contributed by atoms with Crippen LogP contribution >= 0.6 is 27.3 Å². The van der Waals surface area contributed by atoms with Gasteiger partial charge < -0.3 is 9.64 Å². The first-order chi connectivity index (χ1) is 13.1. The van der Waals surface area contributed by atoms with Crippen LogP contribution in [0.25, 0.3) is 20.3 Å². The minimum atomic E-state index is 0.0948. The predicted molar refractivity (Wildman–Crippen MR) is 115 cm³/mol. The van der Waals surface area contributed by atoms with Crippen LogP contribution in [0.15, 0.2) is 21.4 Å². The Kier molecular flexibility index (Phi) is 5.53. The smallest absolute Gasteiger partial charge is 0.262 e. The van der Waals surface area contributed by atoms with Gasteiger partial charge in [-0.15, -0.1) is 11.3 Å². The van der Waals surface area contributed by atoms with Crippen molar-refractivity contribution in [2.75, 3.05) is 26.2 Å². The van der Waals surface area contributed by atoms with Gasteiger partial charge in [0, 0.05) is 24.9 Å². The molecule has 3 aromatic rings. The number of aryl methyl sites for hydroxylation is 1. The normalized spacial score (nSPS) is 14.2. The molecule has 0 radical (unpaired) electrons. The lowest BCUT2D eigenvalue weighted by Crippen LogP contribution is -2.28. The van der Waals surface area contributed by atoms with Gasteiger partial charge in [0.1, 0.15) is 17.3 Å². The van der Waals surface area contributed by atoms with Crippen molar-refractivity contribution in [3.63, 3.8) is 0 Å². The summed E-state index contributed by atoms with van der Waals surface area (Å²) in [4.78, 5) is 21.1. The Morgan fingerprint density at radius 2 is 2.11 bits per heavy atom. The second kappa shape index (κ2) is 7.89. The second-order valence-electron chi connectivity index (χ2n) is 6.85. The number of ether oxygens (including phenoxy) is 1. The van der Waals surface area contributed by atoms with Gasteiger partial charge in [-0.1, -0.05) is 19.9 Å². The van der Waals surface area contributed by atoms with Crippen LogP contribution in [0, 0.1) is 0 Å². The van der Waals surface area contributed by atoms with Crippen LogP contribution in [0.5, 0.6) is 5.75 Å². The first kappa shape index (κ1) is 18.9. The first-order valence-corrected chi connectivity index (χ1v) is 11.2. The van der Waals surface area contributed by atoms with Gasteiger partial charge in [0.2, 0.25) is 0 Å². The molecule has 4 rings (SSSR count). The molecule has 7 heteroatoms. The molecule has 0 N–H and O–H groups in total. The van der Waals surface area contributed by atoms with Crippen molar-refractivity contribution in [3.8, 4) is 5.75 Å². The molecular weight excluding hydrogens is 426 g/mol. The minimum absolute atomic E-state index is 0.0948. The molecule has 27 heavy (non-hydrogen) atoms. The second-order valence-corrected chi connectivity index (χ2v) is 8.71. The summed E-state index contributed by atoms with van der Waals surface area (Å²) < 4.78 is 9.95. The molecule has 0 spiro atoms. The topological polar surface area (TPSA) is 47.4 Å². The van der Waals surface area contributed by atoms with E-state index >= 15 is 0 Å². The SMILES string of the molecule is CCN(CC)CCOc1c(Br)ccc2c1sc1nc3n(c(=O)c12)CCCC3. The van der Waals surface area contributed by atoms with Crippen molar-refractivity contribution >= 4 is 47.6 Å². The lowest BCUT2D eigenvalue weighted by molar-refractivity contribution is 0.224. The van der Waals surface area contributed by atoms with E-state index in [2.05, 4.69) is 34.7 Å². The molecule has 0 atom stereocenters. The molecule has 0 saturated carbocycles. The van der Waals surface area contributed by atoms with Gasteiger partial charge in [-0.2, -0.15) is 0 Å². The van der Waals surface area contributed by atoms with Gasteiger partial charge in [-0.3, -0.25) is 9.36 Å². The molecule has 2 aromatic heterocycles. The Morgan fingerprint density at radius 1 is 1.30 bits per heavy atom. The zero-order valence-corrected chi connectivity index (χ0v) is 18.2. The van der Waals surface area contributed by atoms with E-state index in [1.54, 1.807) is 11.3 Å². The standard InChI is InChI=1S/C20H24BrN3O2S/c1-3-23(4-2)11-12-26-17-14(21)9-8-13-16-19(27-18(13)17)22-15-7-5-6-10-24(15)20(16)25/h8-9H,3-7,10-12H2,1-2H3. The summed E-state index contributed by atoms with van der Waals surface area (Å²) in [7, 11) is 0. The van der Waals surface area contributed by atoms with E-state index in [-0.39, 0.29) is 5.56 Å². The third-order valence-electron chi connectivity index (χ3n) is 5.33. The van der Waals surface area contributed by atoms with Gasteiger partial charge in [0.15, 0.2) is 5.75 Å². The number of nitrogens with zero attached hydrogens (tertiary/aromatic N) is 3. The van der Waals surface area contributed by atoms with Crippen LogP contribution in [0.4, 0.5) is 0 Å². The first-order valence-electron chi connectivity index (χ1n) is 9.63. The van der Waals surface area contributed by atoms with Crippen LogP contribution in [-0.4, -0.2) is 40.7 Å². The number of likely N-dealkylation sites (N-methyl/N-ethyl adjacent to an activating group) is 1. The zero-order chi connectivity index (χ0) is 19.0. The van der Waals surface area contributed by atoms with Crippen LogP contribution in [0.3, 0.4) is 0 Å². The highest BCUT2D eigenvalue weighted by atomic mass is 79.9. The number of rotatable bonds is 6. The van der Waals surface area contributed by atoms with Gasteiger partial charge in [0.25, 0.3) is 5.56 Å². The van der Waals surface area contributed by atoms with Gasteiger partial charge in [0.05, 0.1) is 14.6 Å². The highest BCUT2D eigenvalue weighted by Crippen LogP contribution is 2.41. The van der Waals surface area contributed by atoms with E-state index < -0.39 is 0 Å². The quantitative estimate of drug-likeness (QED) is 0.558. The maximum atomic E-state index is 13.1. The number of halogens is 1. The molecule has 5 nitrogen and oxygen atoms in total. The fraction of sp³-hybridized carbons (Fsp3) is 0.500. The number of hydrogen-bond donors (Lipinski definition) is 0. The number of benzene rings is 1. The Morgan fingerprint density at radius 3 is 2.89 bits per heavy atom. The van der Waals surface area contributed by atoms with Crippen LogP contribution < -0.4 is 10.3 Å². The van der Waals surface area contributed by atoms with Crippen molar-refractivity contribution in [2.45, 2.75) is 39.7 Å². The zero-order valence-electron chi connectivity index (χ0n) is 15.8. The maximum absolute atomic E-state index is 13.1. The number of hydrogen-bond acceptors (Lipinski definition) is 5. The molecule has 1 aliphatic rings. The molecule has 1 aliphatic heterocycles. The third kappa shape index (κ3) is 3.41. The summed E-state index contributed by atoms with van der Waals surface area (Å²) in [5.41, 5.74) is 0.0948. The fourth-order valence-electron chi connectivity index (χ4n) is 3.74. The summed E-state index contributed by atoms with van der Waals surface area (Å²) in [5.74, 6) is 1.75. The Labute approximate surface area is 171 Å². The summed E-state index contributed by atoms with van der Waals surface area (Å²) >= 11 is 5.19. The van der Waals surface area contributed by atoms with E-state index in [1.165, 1.54) is 0 Å². The Hall–Kier alpha value is -1.44. The highest BCUT2D eigenvalue weighted by molar-refractivity contribution is 9.10. The minimum Gasteiger partial charge on any atom is -0.490 e. The summed E-state index contributed by atoms with van der Waals surface area (Å²) in [5, 5.41) is 1.69. The number of fused-ring (bicyclic) bond motifs is 4. The molecule has 3 heterocycles. The van der Waals surface area contributed by atoms with E-state index in [9.17, 15) is 4.79 Å². The van der Waals surface area contributed by atoms with Crippen LogP contribution in [0.1, 0.15) is 32.5 Å². The molecule has 144 valence electrons. The van der Waals surface area contributed by atoms with Gasteiger partial charge in [-0.05, 0) is 47.9 Å². The summed E-state index contributed by atoms with van der Waals surface area (Å²) in [6.45, 7) is 8.63. The molecule has 0 bridgehead atoms. The monoisotopic (exact) mass is 449 g/mol. The lowest BCUT2D eigenvalue weighted by Gasteiger charge is -2.18. The van der Waals surface area contributed by atoms with Gasteiger partial charge in [-0.25, -0.2) is 4.98 Å². The third-order valence-corrected chi connectivity index (χ3v) is 7.05. The molecule has 0 aliphatic carbocycles. The Balaban J connectivity index is 1.78. The largest absolute Gasteiger partial charge is 0.490 e. The van der Waals surface area contributed by atoms with Crippen molar-refractivity contribution in [2.24, 2.45) is 0 Å². The van der Waals surface area contributed by atoms with E-state index in [0.29, 0.717) is 6.61 Å². The average molecular weight is 450 g/mol. The molecule has 1 aromatic carbocycles. The number of aromatic nitrogens is 2. The van der Waals surface area contributed by atoms with Crippen molar-refractivity contribution in [1.82, 2.24) is 14.5 Å². The molecule has 0 fully saturated rings. The summed E-state index contributed by atoms with van der Waals surface area (Å²) in [6.07, 6.45) is 3.04. The maximum Gasteiger partial charge on any atom is 0.262 e. The van der Waals surface area contributed by atoms with E-state index in [1.807, 2.05) is 16.7 Å². The van der Waals surface area contributed by atoms with Crippen molar-refractivity contribution < 1.29 is 4.74 Å².